The van der Waals surface area contributed by atoms with Crippen molar-refractivity contribution in [2.24, 2.45) is 0 Å². The minimum Gasteiger partial charge on any atom is -0.350 e. The summed E-state index contributed by atoms with van der Waals surface area (Å²) in [5, 5.41) is 5.48. The number of hydrogen-bond donors (Lipinski definition) is 3. The Hall–Kier alpha value is -3.22. The van der Waals surface area contributed by atoms with E-state index in [4.69, 9.17) is 0 Å². The lowest BCUT2D eigenvalue weighted by Crippen LogP contribution is -2.34. The molecule has 0 fully saturated rings. The zero-order chi connectivity index (χ0) is 16.1. The van der Waals surface area contributed by atoms with Crippen molar-refractivity contribution in [3.63, 3.8) is 0 Å². The largest absolute Gasteiger partial charge is 0.350 e. The third-order valence-corrected chi connectivity index (χ3v) is 3.30. The molecule has 0 radical (unpaired) electrons. The van der Waals surface area contributed by atoms with Gasteiger partial charge in [-0.15, -0.1) is 0 Å². The molecule has 23 heavy (non-hydrogen) atoms. The number of aromatic nitrogens is 3. The second kappa shape index (κ2) is 6.69. The monoisotopic (exact) mass is 309 g/mol. The molecule has 0 saturated carbocycles. The lowest BCUT2D eigenvalue weighted by atomic mass is 10.2. The second-order valence-electron chi connectivity index (χ2n) is 4.89. The number of carbonyl (C=O) groups excluding carboxylic acids is 2. The zero-order valence-corrected chi connectivity index (χ0v) is 12.2. The van der Waals surface area contributed by atoms with Gasteiger partial charge in [0.15, 0.2) is 0 Å². The van der Waals surface area contributed by atoms with Crippen molar-refractivity contribution in [1.29, 1.82) is 0 Å². The number of benzene rings is 1. The number of imidazole rings is 1. The Kier molecular flexibility index (Phi) is 4.28. The summed E-state index contributed by atoms with van der Waals surface area (Å²) in [4.78, 5) is 34.8. The zero-order valence-electron chi connectivity index (χ0n) is 12.2. The molecule has 1 aromatic carbocycles. The molecular weight excluding hydrogens is 294 g/mol. The number of H-pyrrole nitrogens is 1. The fraction of sp³-hybridized carbons (Fsp3) is 0.125. The summed E-state index contributed by atoms with van der Waals surface area (Å²) >= 11 is 0. The van der Waals surface area contributed by atoms with Gasteiger partial charge in [0.2, 0.25) is 0 Å². The van der Waals surface area contributed by atoms with E-state index in [-0.39, 0.29) is 11.8 Å². The number of rotatable bonds is 5. The Bertz CT molecular complexity index is 829. The molecule has 0 atom stereocenters. The van der Waals surface area contributed by atoms with E-state index in [0.717, 1.165) is 11.0 Å². The Morgan fingerprint density at radius 1 is 1.04 bits per heavy atom. The smallest absolute Gasteiger partial charge is 0.252 e. The molecular formula is C16H15N5O2. The molecule has 0 bridgehead atoms. The van der Waals surface area contributed by atoms with E-state index >= 15 is 0 Å². The maximum absolute atomic E-state index is 12.1. The van der Waals surface area contributed by atoms with Crippen molar-refractivity contribution >= 4 is 22.8 Å². The summed E-state index contributed by atoms with van der Waals surface area (Å²) in [5.41, 5.74) is 2.65. The Balaban J connectivity index is 1.48. The molecule has 3 aromatic rings. The fourth-order valence-corrected chi connectivity index (χ4v) is 2.13. The molecule has 3 N–H and O–H groups in total. The number of hydrogen-bond acceptors (Lipinski definition) is 4. The van der Waals surface area contributed by atoms with Crippen molar-refractivity contribution in [3.05, 3.63) is 60.2 Å². The third-order valence-electron chi connectivity index (χ3n) is 3.30. The van der Waals surface area contributed by atoms with Gasteiger partial charge in [-0.3, -0.25) is 14.6 Å². The Morgan fingerprint density at radius 3 is 2.57 bits per heavy atom. The predicted molar refractivity (Wildman–Crippen MR) is 85.0 cm³/mol. The van der Waals surface area contributed by atoms with E-state index in [9.17, 15) is 9.59 Å². The van der Waals surface area contributed by atoms with Crippen LogP contribution in [-0.4, -0.2) is 39.9 Å². The van der Waals surface area contributed by atoms with Gasteiger partial charge >= 0.3 is 0 Å². The van der Waals surface area contributed by atoms with Crippen molar-refractivity contribution in [3.8, 4) is 0 Å². The highest BCUT2D eigenvalue weighted by atomic mass is 16.2. The van der Waals surface area contributed by atoms with E-state index in [1.54, 1.807) is 42.9 Å². The molecule has 2 aromatic heterocycles. The summed E-state index contributed by atoms with van der Waals surface area (Å²) < 4.78 is 0. The number of nitrogens with one attached hydrogen (secondary N) is 3. The van der Waals surface area contributed by atoms with Crippen LogP contribution in [0, 0.1) is 0 Å². The van der Waals surface area contributed by atoms with E-state index in [2.05, 4.69) is 25.6 Å². The van der Waals surface area contributed by atoms with Crippen LogP contribution in [0.3, 0.4) is 0 Å². The van der Waals surface area contributed by atoms with Gasteiger partial charge in [-0.1, -0.05) is 0 Å². The van der Waals surface area contributed by atoms with Gasteiger partial charge in [0.05, 0.1) is 22.9 Å². The van der Waals surface area contributed by atoms with Crippen molar-refractivity contribution in [2.75, 3.05) is 13.1 Å². The van der Waals surface area contributed by atoms with Crippen molar-refractivity contribution < 1.29 is 9.59 Å². The first-order valence-corrected chi connectivity index (χ1v) is 7.13. The molecule has 0 aliphatic heterocycles. The van der Waals surface area contributed by atoms with Crippen LogP contribution in [0.15, 0.2) is 49.1 Å². The molecule has 2 amide bonds. The minimum absolute atomic E-state index is 0.197. The van der Waals surface area contributed by atoms with Crippen LogP contribution >= 0.6 is 0 Å². The minimum atomic E-state index is -0.216. The number of nitrogens with zero attached hydrogens (tertiary/aromatic N) is 2. The van der Waals surface area contributed by atoms with Crippen LogP contribution in [0.4, 0.5) is 0 Å². The standard InChI is InChI=1S/C16H15N5O2/c22-15(11-3-4-13-14(8-11)21-10-20-13)18-6-7-19-16(23)12-2-1-5-17-9-12/h1-5,8-10H,6-7H2,(H,18,22)(H,19,23)(H,20,21). The highest BCUT2D eigenvalue weighted by Crippen LogP contribution is 2.11. The van der Waals surface area contributed by atoms with Crippen molar-refractivity contribution in [2.45, 2.75) is 0 Å². The molecule has 0 aliphatic rings. The summed E-state index contributed by atoms with van der Waals surface area (Å²) in [6.07, 6.45) is 4.68. The average Bonchev–Trinajstić information content (AvgIpc) is 3.06. The Morgan fingerprint density at radius 2 is 1.83 bits per heavy atom. The average molecular weight is 309 g/mol. The van der Waals surface area contributed by atoms with Gasteiger partial charge in [-0.2, -0.15) is 0 Å². The SMILES string of the molecule is O=C(NCCNC(=O)c1ccc2nc[nH]c2c1)c1cccnc1. The van der Waals surface area contributed by atoms with Crippen LogP contribution in [0.5, 0.6) is 0 Å². The number of pyridine rings is 1. The highest BCUT2D eigenvalue weighted by molar-refractivity contribution is 5.97. The summed E-state index contributed by atoms with van der Waals surface area (Å²) in [6.45, 7) is 0.678. The topological polar surface area (TPSA) is 99.8 Å². The molecule has 2 heterocycles. The molecule has 0 spiro atoms. The van der Waals surface area contributed by atoms with Gasteiger partial charge in [0, 0.05) is 31.0 Å². The maximum Gasteiger partial charge on any atom is 0.252 e. The Labute approximate surface area is 132 Å². The molecule has 7 heteroatoms. The van der Waals surface area contributed by atoms with Gasteiger partial charge in [0.25, 0.3) is 11.8 Å². The molecule has 3 rings (SSSR count). The fourth-order valence-electron chi connectivity index (χ4n) is 2.13. The maximum atomic E-state index is 12.1. The van der Waals surface area contributed by atoms with Crippen LogP contribution < -0.4 is 10.6 Å². The highest BCUT2D eigenvalue weighted by Gasteiger charge is 2.08. The lowest BCUT2D eigenvalue weighted by molar-refractivity contribution is 0.0927. The van der Waals surface area contributed by atoms with E-state index in [0.29, 0.717) is 24.2 Å². The number of fused-ring (bicyclic) bond motifs is 1. The molecule has 0 unspecified atom stereocenters. The molecule has 7 nitrogen and oxygen atoms in total. The van der Waals surface area contributed by atoms with Gasteiger partial charge in [-0.25, -0.2) is 4.98 Å². The van der Waals surface area contributed by atoms with Gasteiger partial charge < -0.3 is 15.6 Å². The van der Waals surface area contributed by atoms with E-state index in [1.807, 2.05) is 0 Å². The number of carbonyl (C=O) groups is 2. The summed E-state index contributed by atoms with van der Waals surface area (Å²) in [7, 11) is 0. The number of amides is 2. The molecule has 0 aliphatic carbocycles. The molecule has 116 valence electrons. The predicted octanol–water partition coefficient (Wildman–Crippen LogP) is 1.12. The van der Waals surface area contributed by atoms with Gasteiger partial charge in [0.1, 0.15) is 0 Å². The normalized spacial score (nSPS) is 10.4. The summed E-state index contributed by atoms with van der Waals surface area (Å²) in [6, 6.07) is 8.62. The molecule has 0 saturated heterocycles. The quantitative estimate of drug-likeness (QED) is 0.615. The van der Waals surface area contributed by atoms with Crippen LogP contribution in [0.2, 0.25) is 0 Å². The first-order valence-electron chi connectivity index (χ1n) is 7.13. The van der Waals surface area contributed by atoms with Crippen LogP contribution in [0.1, 0.15) is 20.7 Å². The van der Waals surface area contributed by atoms with E-state index in [1.165, 1.54) is 6.20 Å². The van der Waals surface area contributed by atoms with Gasteiger partial charge in [-0.05, 0) is 30.3 Å². The first-order chi connectivity index (χ1) is 11.2. The summed E-state index contributed by atoms with van der Waals surface area (Å²) in [5.74, 6) is -0.414. The van der Waals surface area contributed by atoms with Crippen molar-refractivity contribution in [1.82, 2.24) is 25.6 Å². The second-order valence-corrected chi connectivity index (χ2v) is 4.89. The third kappa shape index (κ3) is 3.52. The van der Waals surface area contributed by atoms with Crippen LogP contribution in [0.25, 0.3) is 11.0 Å². The lowest BCUT2D eigenvalue weighted by Gasteiger charge is -2.07. The van der Waals surface area contributed by atoms with E-state index < -0.39 is 0 Å². The van der Waals surface area contributed by atoms with Crippen LogP contribution in [-0.2, 0) is 0 Å². The first kappa shape index (κ1) is 14.7. The number of aromatic amines is 1.